The van der Waals surface area contributed by atoms with E-state index in [0.29, 0.717) is 28.9 Å². The first-order valence-electron chi connectivity index (χ1n) is 23.1. The Kier molecular flexibility index (Phi) is 17.5. The van der Waals surface area contributed by atoms with Gasteiger partial charge in [0.25, 0.3) is 86.6 Å². The van der Waals surface area contributed by atoms with E-state index in [-0.39, 0.29) is 42.1 Å². The second kappa shape index (κ2) is 23.6. The van der Waals surface area contributed by atoms with Crippen LogP contribution in [-0.2, 0) is 80.9 Å². The minimum atomic E-state index is -5.96. The van der Waals surface area contributed by atoms with E-state index in [9.17, 15) is 139 Å². The number of azo groups is 4. The molecule has 7 aromatic carbocycles. The number of aromatic carboxylic acids is 1. The number of aromatic nitrogens is 2. The molecule has 0 unspecified atom stereocenters. The molecule has 0 radical (unpaired) electrons. The normalized spacial score (nSPS) is 13.4. The number of nitrogen functional groups attached to an aromatic ring is 1. The number of hydrogen-bond acceptors (Lipinski definition) is 32. The number of nitro groups is 1. The Morgan fingerprint density at radius 2 is 0.860 bits per heavy atom. The highest BCUT2D eigenvalue weighted by Gasteiger charge is 2.33. The molecule has 51 heteroatoms. The largest absolute Gasteiger partial charge is 0.505 e. The zero-order chi connectivity index (χ0) is 69.6. The first-order valence-corrected chi connectivity index (χ1v) is 34.6. The summed E-state index contributed by atoms with van der Waals surface area (Å²) < 4.78 is 281. The van der Waals surface area contributed by atoms with Crippen LogP contribution in [0.2, 0.25) is 0 Å². The summed E-state index contributed by atoms with van der Waals surface area (Å²) >= 11 is 0. The minimum Gasteiger partial charge on any atom is -0.505 e. The molecule has 490 valence electrons. The zero-order valence-corrected chi connectivity index (χ0v) is 50.5. The average molecular weight is 1450 g/mol. The molecule has 0 aliphatic carbocycles. The van der Waals surface area contributed by atoms with Gasteiger partial charge in [-0.25, -0.2) is 4.79 Å². The first-order chi connectivity index (χ1) is 42.5. The highest BCUT2D eigenvalue weighted by molar-refractivity contribution is 7.88. The van der Waals surface area contributed by atoms with Gasteiger partial charge >= 0.3 is 5.97 Å². The number of carbonyl (C=O) groups is 1. The quantitative estimate of drug-likeness (QED) is 0.0142. The summed E-state index contributed by atoms with van der Waals surface area (Å²) in [5.74, 6) is -6.46. The number of nitrogens with zero attached hydrogens (tertiary/aromatic N) is 11. The molecular weight excluding hydrogens is 1430 g/mol. The van der Waals surface area contributed by atoms with Gasteiger partial charge in [0.15, 0.2) is 22.9 Å². The van der Waals surface area contributed by atoms with Crippen molar-refractivity contribution in [3.8, 4) is 23.1 Å². The lowest BCUT2D eigenvalue weighted by molar-refractivity contribution is -0.384. The second-order valence-corrected chi connectivity index (χ2v) is 29.1. The van der Waals surface area contributed by atoms with E-state index < -0.39 is 232 Å². The van der Waals surface area contributed by atoms with Gasteiger partial charge in [-0.15, -0.1) is 40.9 Å². The number of benzene rings is 7. The predicted molar refractivity (Wildman–Crippen MR) is 303 cm³/mol. The average Bonchev–Trinajstić information content (AvgIpc) is 1.37. The molecule has 0 amide bonds. The molecule has 0 aliphatic heterocycles. The second-order valence-electron chi connectivity index (χ2n) is 17.9. The molecule has 1 aromatic heterocycles. The van der Waals surface area contributed by atoms with E-state index in [4.69, 9.17) is 5.73 Å². The van der Waals surface area contributed by atoms with E-state index in [1.807, 2.05) is 0 Å². The fourth-order valence-corrected chi connectivity index (χ4v) is 13.2. The Labute approximate surface area is 515 Å². The van der Waals surface area contributed by atoms with E-state index in [2.05, 4.69) is 46.0 Å². The monoisotopic (exact) mass is 1450 g/mol. The van der Waals surface area contributed by atoms with Crippen LogP contribution in [0.3, 0.4) is 0 Å². The van der Waals surface area contributed by atoms with Gasteiger partial charge in [0.2, 0.25) is 11.6 Å². The number of fused-ring (bicyclic) bond motifs is 2. The lowest BCUT2D eigenvalue weighted by Gasteiger charge is -2.15. The van der Waals surface area contributed by atoms with Gasteiger partial charge < -0.3 is 26.2 Å². The molecule has 8 aromatic rings. The maximum Gasteiger partial charge on any atom is 0.358 e. The zero-order valence-electron chi connectivity index (χ0n) is 44.0. The van der Waals surface area contributed by atoms with Crippen LogP contribution in [0.15, 0.2) is 165 Å². The van der Waals surface area contributed by atoms with Crippen LogP contribution in [0, 0.1) is 10.1 Å². The van der Waals surface area contributed by atoms with E-state index >= 15 is 0 Å². The molecule has 0 aliphatic rings. The Bertz CT molecular complexity index is 5790. The standard InChI is InChI=1S/C42H28N12O31S8/c43-33-25(14-27(88(68,69)70)20-11-31(92(80,81)82)35(39(56)32(20)33)50-44-21-7-5-17(87(65,66)67)9-26(21)54(60)61)48-45-22-8-6-18-19(40(22)93(83,84)85)10-30(91(77,78)79)34(38(18)55)49-46-23-12-29(90(74,75)76)24(13-28(23)89(71,72)73)47-51-36-37(42(58)59)52-53(41(36)57)15-1-3-16(4-2-15)86(62,63)64/h1-14,55-57H,43H2,(H,58,59)(H,62,63,64)(H,65,66,67)(H,68,69,70)(H,71,72,73)(H,74,75,76)(H,77,78,79)(H,80,81,82)(H,83,84,85)/b48-45?,49-46-,50-44-,51-47+. The number of hydrogen-bond donors (Lipinski definition) is 13. The SMILES string of the molecule is Nc1c(N=Nc2ccc3c(O)c(/N=N\c4cc(S(=O)(=O)O)c(/N=N/c5c(C(=O)O)nn(-c6ccc(S(=O)(=O)O)cc6)c5O)cc4S(=O)(=O)O)c(S(=O)(=O)O)cc3c2S(=O)(=O)O)cc(S(=O)(=O)O)c2cc(S(=O)(=O)O)c(/N=N\c3ccc(S(=O)(=O)O)cc3[N+](=O)[O-])c(O)c12. The van der Waals surface area contributed by atoms with Crippen molar-refractivity contribution in [1.29, 1.82) is 0 Å². The Morgan fingerprint density at radius 1 is 0.441 bits per heavy atom. The predicted octanol–water partition coefficient (Wildman–Crippen LogP) is 6.12. The molecule has 14 N–H and O–H groups in total. The first kappa shape index (κ1) is 68.9. The van der Waals surface area contributed by atoms with E-state index in [0.717, 1.165) is 24.3 Å². The Balaban J connectivity index is 1.28. The summed E-state index contributed by atoms with van der Waals surface area (Å²) in [5.41, 5.74) is -7.76. The fraction of sp³-hybridized carbons (Fsp3) is 0. The number of phenolic OH excluding ortho intramolecular Hbond substituents is 2. The number of nitro benzene ring substituents is 1. The van der Waals surface area contributed by atoms with Gasteiger partial charge in [0.05, 0.1) is 26.6 Å². The molecule has 0 atom stereocenters. The number of anilines is 1. The van der Waals surface area contributed by atoms with Crippen molar-refractivity contribution in [2.24, 2.45) is 40.9 Å². The van der Waals surface area contributed by atoms with Gasteiger partial charge in [0.1, 0.15) is 68.4 Å². The van der Waals surface area contributed by atoms with Gasteiger partial charge in [-0.1, -0.05) is 0 Å². The number of phenols is 2. The number of rotatable bonds is 19. The third-order valence-corrected chi connectivity index (χ3v) is 19.1. The molecule has 8 rings (SSSR count). The van der Waals surface area contributed by atoms with Crippen LogP contribution in [0.5, 0.6) is 17.4 Å². The third-order valence-electron chi connectivity index (χ3n) is 12.1. The molecule has 0 bridgehead atoms. The molecule has 43 nitrogen and oxygen atoms in total. The smallest absolute Gasteiger partial charge is 0.358 e. The van der Waals surface area contributed by atoms with Crippen molar-refractivity contribution in [2.75, 3.05) is 5.73 Å². The summed E-state index contributed by atoms with van der Waals surface area (Å²) in [6.45, 7) is 0. The minimum absolute atomic E-state index is 0.0203. The van der Waals surface area contributed by atoms with Crippen molar-refractivity contribution in [3.63, 3.8) is 0 Å². The van der Waals surface area contributed by atoms with Crippen molar-refractivity contribution in [1.82, 2.24) is 9.78 Å². The highest BCUT2D eigenvalue weighted by Crippen LogP contribution is 2.51. The van der Waals surface area contributed by atoms with Crippen LogP contribution < -0.4 is 5.73 Å². The topological polar surface area (TPSA) is 719 Å². The fourth-order valence-electron chi connectivity index (χ4n) is 8.12. The number of aromatic hydroxyl groups is 3. The van der Waals surface area contributed by atoms with Gasteiger partial charge in [-0.05, 0) is 78.9 Å². The summed E-state index contributed by atoms with van der Waals surface area (Å²) in [7, 11) is -44.8. The molecular formula is C42H28N12O31S8. The molecule has 0 saturated heterocycles. The number of nitrogens with two attached hydrogens (primary N) is 1. The Morgan fingerprint density at radius 3 is 1.32 bits per heavy atom. The van der Waals surface area contributed by atoms with Crippen LogP contribution in [0.4, 0.5) is 56.9 Å². The van der Waals surface area contributed by atoms with Gasteiger partial charge in [-0.2, -0.15) is 77.1 Å². The van der Waals surface area contributed by atoms with Gasteiger partial charge in [-0.3, -0.25) is 46.5 Å². The summed E-state index contributed by atoms with van der Waals surface area (Å²) in [4.78, 5) is 11.3. The maximum absolute atomic E-state index is 13.2. The molecule has 93 heavy (non-hydrogen) atoms. The van der Waals surface area contributed by atoms with Crippen molar-refractivity contribution >= 4 is 165 Å². The number of carboxylic acid groups (broad SMARTS) is 1. The van der Waals surface area contributed by atoms with E-state index in [1.165, 1.54) is 0 Å². The van der Waals surface area contributed by atoms with Gasteiger partial charge in [0, 0.05) is 22.2 Å². The van der Waals surface area contributed by atoms with Crippen molar-refractivity contribution in [2.45, 2.75) is 39.2 Å². The van der Waals surface area contributed by atoms with Crippen LogP contribution >= 0.6 is 0 Å². The molecule has 1 heterocycles. The third kappa shape index (κ3) is 14.0. The van der Waals surface area contributed by atoms with Crippen LogP contribution in [0.25, 0.3) is 27.2 Å². The lowest BCUT2D eigenvalue weighted by Crippen LogP contribution is -2.04. The van der Waals surface area contributed by atoms with E-state index in [1.54, 1.807) is 0 Å². The summed E-state index contributed by atoms with van der Waals surface area (Å²) in [5, 5.41) is 82.0. The summed E-state index contributed by atoms with van der Waals surface area (Å²) in [6.07, 6.45) is 0. The van der Waals surface area contributed by atoms with Crippen LogP contribution in [-0.4, -0.2) is 145 Å². The van der Waals surface area contributed by atoms with Crippen molar-refractivity contribution < 1.29 is 134 Å². The number of carboxylic acids is 1. The van der Waals surface area contributed by atoms with Crippen LogP contribution in [0.1, 0.15) is 10.5 Å². The highest BCUT2D eigenvalue weighted by atomic mass is 32.2. The summed E-state index contributed by atoms with van der Waals surface area (Å²) in [6, 6.07) is 6.45. The van der Waals surface area contributed by atoms with Crippen molar-refractivity contribution in [3.05, 3.63) is 101 Å². The lowest BCUT2D eigenvalue weighted by atomic mass is 10.0. The molecule has 0 fully saturated rings. The molecule has 0 spiro atoms. The molecule has 0 saturated carbocycles. The Hall–Kier alpha value is -9.98. The maximum atomic E-state index is 13.2.